The molecule has 0 fully saturated rings. The summed E-state index contributed by atoms with van der Waals surface area (Å²) >= 11 is 0. The van der Waals surface area contributed by atoms with Crippen molar-refractivity contribution in [1.82, 2.24) is 0 Å². The fourth-order valence-corrected chi connectivity index (χ4v) is 4.84. The molecule has 3 aromatic rings. The van der Waals surface area contributed by atoms with Crippen LogP contribution in [0, 0.1) is 0 Å². The molecule has 0 atom stereocenters. The average molecular weight is 437 g/mol. The van der Waals surface area contributed by atoms with E-state index in [1.807, 2.05) is 30.3 Å². The first-order chi connectivity index (χ1) is 15.0. The molecule has 3 aromatic carbocycles. The molecule has 0 radical (unpaired) electrons. The van der Waals surface area contributed by atoms with Crippen LogP contribution in [-0.2, 0) is 26.0 Å². The highest BCUT2D eigenvalue weighted by molar-refractivity contribution is 7.92. The van der Waals surface area contributed by atoms with Gasteiger partial charge in [-0.05, 0) is 59.9 Å². The van der Waals surface area contributed by atoms with Crippen molar-refractivity contribution in [3.05, 3.63) is 78.4 Å². The summed E-state index contributed by atoms with van der Waals surface area (Å²) in [6.45, 7) is 0.654. The van der Waals surface area contributed by atoms with Gasteiger partial charge in [0.1, 0.15) is 6.61 Å². The van der Waals surface area contributed by atoms with Gasteiger partial charge in [0.15, 0.2) is 0 Å². The number of rotatable bonds is 6. The van der Waals surface area contributed by atoms with E-state index in [-0.39, 0.29) is 17.4 Å². The minimum atomic E-state index is -3.73. The fraction of sp³-hybridized carbons (Fsp3) is 0.208. The van der Waals surface area contributed by atoms with Crippen LogP contribution in [0.1, 0.15) is 12.0 Å². The highest BCUT2D eigenvalue weighted by Gasteiger charge is 2.23. The van der Waals surface area contributed by atoms with E-state index in [9.17, 15) is 13.2 Å². The molecule has 4 rings (SSSR count). The van der Waals surface area contributed by atoms with Crippen LogP contribution in [0.15, 0.2) is 77.7 Å². The van der Waals surface area contributed by atoms with E-state index < -0.39 is 10.0 Å². The monoisotopic (exact) mass is 436 g/mol. The normalized spacial score (nSPS) is 13.5. The van der Waals surface area contributed by atoms with E-state index in [4.69, 9.17) is 4.74 Å². The predicted molar refractivity (Wildman–Crippen MR) is 122 cm³/mol. The number of benzene rings is 3. The van der Waals surface area contributed by atoms with Crippen LogP contribution < -0.4 is 9.62 Å². The van der Waals surface area contributed by atoms with Gasteiger partial charge in [-0.3, -0.25) is 9.52 Å². The number of methoxy groups -OCH3 is 1. The Kier molecular flexibility index (Phi) is 6.06. The van der Waals surface area contributed by atoms with Crippen molar-refractivity contribution in [2.24, 2.45) is 0 Å². The second kappa shape index (κ2) is 8.91. The number of aryl methyl sites for hydroxylation is 1. The molecule has 1 N–H and O–H groups in total. The van der Waals surface area contributed by atoms with Crippen molar-refractivity contribution in [2.45, 2.75) is 17.7 Å². The molecule has 0 unspecified atom stereocenters. The predicted octanol–water partition coefficient (Wildman–Crippen LogP) is 4.08. The second-order valence-corrected chi connectivity index (χ2v) is 9.10. The summed E-state index contributed by atoms with van der Waals surface area (Å²) in [6.07, 6.45) is 1.60. The number of carbonyl (C=O) groups is 1. The lowest BCUT2D eigenvalue weighted by molar-refractivity contribution is -0.122. The van der Waals surface area contributed by atoms with E-state index in [2.05, 4.69) is 4.72 Å². The van der Waals surface area contributed by atoms with Gasteiger partial charge in [0.2, 0.25) is 0 Å². The lowest BCUT2D eigenvalue weighted by Crippen LogP contribution is -2.37. The van der Waals surface area contributed by atoms with Gasteiger partial charge in [-0.2, -0.15) is 0 Å². The molecule has 0 aliphatic carbocycles. The van der Waals surface area contributed by atoms with Crippen LogP contribution in [-0.4, -0.2) is 34.6 Å². The topological polar surface area (TPSA) is 75.7 Å². The van der Waals surface area contributed by atoms with Gasteiger partial charge >= 0.3 is 0 Å². The zero-order chi connectivity index (χ0) is 21.8. The smallest absolute Gasteiger partial charge is 0.261 e. The summed E-state index contributed by atoms with van der Waals surface area (Å²) in [6, 6.07) is 21.9. The number of anilines is 2. The van der Waals surface area contributed by atoms with Crippen LogP contribution in [0.2, 0.25) is 0 Å². The van der Waals surface area contributed by atoms with Gasteiger partial charge in [0.25, 0.3) is 15.9 Å². The maximum absolute atomic E-state index is 12.9. The molecular formula is C24H24N2O4S. The molecule has 1 heterocycles. The number of fused-ring (bicyclic) bond motifs is 1. The number of carbonyl (C=O) groups excluding carboxylic acids is 1. The Morgan fingerprint density at radius 2 is 1.71 bits per heavy atom. The van der Waals surface area contributed by atoms with E-state index in [1.165, 1.54) is 7.11 Å². The molecule has 1 amide bonds. The molecule has 0 bridgehead atoms. The van der Waals surface area contributed by atoms with Gasteiger partial charge in [0.05, 0.1) is 4.90 Å². The minimum absolute atomic E-state index is 0.0206. The van der Waals surface area contributed by atoms with Crippen molar-refractivity contribution >= 4 is 27.3 Å². The highest BCUT2D eigenvalue weighted by Crippen LogP contribution is 2.31. The van der Waals surface area contributed by atoms with Crippen LogP contribution >= 0.6 is 0 Å². The lowest BCUT2D eigenvalue weighted by Gasteiger charge is -2.29. The molecule has 6 nitrogen and oxygen atoms in total. The lowest BCUT2D eigenvalue weighted by atomic mass is 10.0. The summed E-state index contributed by atoms with van der Waals surface area (Å²) in [5.41, 5.74) is 4.21. The third-order valence-corrected chi connectivity index (χ3v) is 6.69. The first-order valence-corrected chi connectivity index (χ1v) is 11.6. The average Bonchev–Trinajstić information content (AvgIpc) is 2.79. The molecule has 0 saturated heterocycles. The first-order valence-electron chi connectivity index (χ1n) is 10.1. The number of amides is 1. The van der Waals surface area contributed by atoms with Gasteiger partial charge in [-0.25, -0.2) is 8.42 Å². The second-order valence-electron chi connectivity index (χ2n) is 7.42. The Labute approximate surface area is 182 Å². The zero-order valence-electron chi connectivity index (χ0n) is 17.2. The molecule has 0 aromatic heterocycles. The number of ether oxygens (including phenoxy) is 1. The van der Waals surface area contributed by atoms with Crippen LogP contribution in [0.25, 0.3) is 11.1 Å². The van der Waals surface area contributed by atoms with E-state index >= 15 is 0 Å². The largest absolute Gasteiger partial charge is 0.375 e. The van der Waals surface area contributed by atoms with Gasteiger partial charge in [-0.1, -0.05) is 42.5 Å². The third kappa shape index (κ3) is 4.62. The molecular weight excluding hydrogens is 412 g/mol. The van der Waals surface area contributed by atoms with Crippen LogP contribution in [0.3, 0.4) is 0 Å². The van der Waals surface area contributed by atoms with Gasteiger partial charge in [0, 0.05) is 25.0 Å². The molecule has 160 valence electrons. The Bertz CT molecular complexity index is 1180. The fourth-order valence-electron chi connectivity index (χ4n) is 3.79. The van der Waals surface area contributed by atoms with Crippen molar-refractivity contribution in [3.8, 4) is 11.1 Å². The molecule has 1 aliphatic rings. The molecule has 0 spiro atoms. The Balaban J connectivity index is 1.54. The molecule has 1 aliphatic heterocycles. The standard InChI is InChI=1S/C24H24N2O4S/c1-30-17-24(27)26-15-5-8-20-16-21(11-14-23(20)26)25-31(28,29)22-12-9-19(10-13-22)18-6-3-2-4-7-18/h2-4,6-7,9-14,16,25H,5,8,15,17H2,1H3. The molecule has 7 heteroatoms. The van der Waals surface area contributed by atoms with E-state index in [1.54, 1.807) is 47.4 Å². The van der Waals surface area contributed by atoms with Crippen LogP contribution in [0.5, 0.6) is 0 Å². The Morgan fingerprint density at radius 1 is 1.00 bits per heavy atom. The summed E-state index contributed by atoms with van der Waals surface area (Å²) < 4.78 is 33.4. The van der Waals surface area contributed by atoms with Crippen molar-refractivity contribution in [2.75, 3.05) is 29.9 Å². The maximum atomic E-state index is 12.9. The molecule has 0 saturated carbocycles. The van der Waals surface area contributed by atoms with Gasteiger partial charge in [-0.15, -0.1) is 0 Å². The third-order valence-electron chi connectivity index (χ3n) is 5.29. The molecule has 31 heavy (non-hydrogen) atoms. The summed E-state index contributed by atoms with van der Waals surface area (Å²) in [4.78, 5) is 14.2. The number of hydrogen-bond acceptors (Lipinski definition) is 4. The Morgan fingerprint density at radius 3 is 2.42 bits per heavy atom. The highest BCUT2D eigenvalue weighted by atomic mass is 32.2. The minimum Gasteiger partial charge on any atom is -0.375 e. The number of nitrogens with zero attached hydrogens (tertiary/aromatic N) is 1. The van der Waals surface area contributed by atoms with E-state index in [0.717, 1.165) is 35.2 Å². The summed E-state index contributed by atoms with van der Waals surface area (Å²) in [7, 11) is -2.23. The SMILES string of the molecule is COCC(=O)N1CCCc2cc(NS(=O)(=O)c3ccc(-c4ccccc4)cc3)ccc21. The zero-order valence-corrected chi connectivity index (χ0v) is 18.1. The number of nitrogens with one attached hydrogen (secondary N) is 1. The summed E-state index contributed by atoms with van der Waals surface area (Å²) in [5, 5.41) is 0. The van der Waals surface area contributed by atoms with Crippen molar-refractivity contribution < 1.29 is 17.9 Å². The van der Waals surface area contributed by atoms with Crippen molar-refractivity contribution in [1.29, 1.82) is 0 Å². The van der Waals surface area contributed by atoms with Crippen molar-refractivity contribution in [3.63, 3.8) is 0 Å². The summed E-state index contributed by atoms with van der Waals surface area (Å²) in [5.74, 6) is -0.102. The van der Waals surface area contributed by atoms with Crippen LogP contribution in [0.4, 0.5) is 11.4 Å². The number of hydrogen-bond donors (Lipinski definition) is 1. The first kappa shape index (κ1) is 21.1. The quantitative estimate of drug-likeness (QED) is 0.632. The van der Waals surface area contributed by atoms with E-state index in [0.29, 0.717) is 12.2 Å². The van der Waals surface area contributed by atoms with Gasteiger partial charge < -0.3 is 9.64 Å². The number of sulfonamides is 1. The maximum Gasteiger partial charge on any atom is 0.261 e. The Hall–Kier alpha value is -3.16.